The fraction of sp³-hybridized carbons (Fsp3) is 0.545. The molecule has 90 valence electrons. The molecule has 0 fully saturated rings. The molecule has 1 rings (SSSR count). The summed E-state index contributed by atoms with van der Waals surface area (Å²) in [5.74, 6) is -0.174. The predicted molar refractivity (Wildman–Crippen MR) is 66.9 cm³/mol. The van der Waals surface area contributed by atoms with Gasteiger partial charge in [-0.25, -0.2) is 0 Å². The number of ether oxygens (including phenoxy) is 1. The summed E-state index contributed by atoms with van der Waals surface area (Å²) >= 11 is 7.39. The van der Waals surface area contributed by atoms with E-state index in [0.717, 1.165) is 22.3 Å². The average Bonchev–Trinajstić information content (AvgIpc) is 2.63. The zero-order chi connectivity index (χ0) is 12.0. The van der Waals surface area contributed by atoms with Crippen LogP contribution in [0, 0.1) is 0 Å². The lowest BCUT2D eigenvalue weighted by atomic mass is 10.4. The third-order valence-electron chi connectivity index (χ3n) is 2.11. The van der Waals surface area contributed by atoms with E-state index in [4.69, 9.17) is 16.3 Å². The second kappa shape index (κ2) is 6.89. The molecule has 0 amide bonds. The number of hydrogen-bond acceptors (Lipinski definition) is 4. The van der Waals surface area contributed by atoms with Crippen LogP contribution in [0.15, 0.2) is 12.1 Å². The first kappa shape index (κ1) is 13.5. The number of hydrogen-bond donors (Lipinski definition) is 0. The minimum absolute atomic E-state index is 0.174. The standard InChI is InChI=1S/C11H16ClNO2S/c1-3-13(8-11(14)15-4-2)7-9-5-6-10(12)16-9/h5-6H,3-4,7-8H2,1-2H3. The summed E-state index contributed by atoms with van der Waals surface area (Å²) < 4.78 is 5.69. The van der Waals surface area contributed by atoms with E-state index in [1.54, 1.807) is 11.3 Å². The second-order valence-electron chi connectivity index (χ2n) is 3.31. The van der Waals surface area contributed by atoms with Gasteiger partial charge in [0.1, 0.15) is 0 Å². The van der Waals surface area contributed by atoms with Gasteiger partial charge in [0, 0.05) is 11.4 Å². The van der Waals surface area contributed by atoms with Crippen LogP contribution >= 0.6 is 22.9 Å². The molecule has 0 saturated heterocycles. The summed E-state index contributed by atoms with van der Waals surface area (Å²) in [4.78, 5) is 14.5. The van der Waals surface area contributed by atoms with Crippen LogP contribution in [0.5, 0.6) is 0 Å². The van der Waals surface area contributed by atoms with Gasteiger partial charge in [0.15, 0.2) is 0 Å². The maximum atomic E-state index is 11.3. The number of carbonyl (C=O) groups is 1. The molecule has 1 heterocycles. The minimum atomic E-state index is -0.174. The Labute approximate surface area is 105 Å². The molecule has 0 aliphatic heterocycles. The van der Waals surface area contributed by atoms with E-state index in [9.17, 15) is 4.79 Å². The van der Waals surface area contributed by atoms with Crippen molar-refractivity contribution in [1.82, 2.24) is 4.90 Å². The van der Waals surface area contributed by atoms with Gasteiger partial charge in [-0.3, -0.25) is 9.69 Å². The first-order valence-corrected chi connectivity index (χ1v) is 6.47. The van der Waals surface area contributed by atoms with Gasteiger partial charge in [-0.2, -0.15) is 0 Å². The van der Waals surface area contributed by atoms with E-state index >= 15 is 0 Å². The Morgan fingerprint density at radius 1 is 1.50 bits per heavy atom. The highest BCUT2D eigenvalue weighted by Gasteiger charge is 2.11. The number of thiophene rings is 1. The number of halogens is 1. The molecule has 5 heteroatoms. The summed E-state index contributed by atoms with van der Waals surface area (Å²) in [6, 6.07) is 3.86. The van der Waals surface area contributed by atoms with Crippen molar-refractivity contribution in [2.45, 2.75) is 20.4 Å². The van der Waals surface area contributed by atoms with Gasteiger partial charge in [-0.1, -0.05) is 18.5 Å². The van der Waals surface area contributed by atoms with Crippen molar-refractivity contribution in [2.75, 3.05) is 19.7 Å². The van der Waals surface area contributed by atoms with Gasteiger partial charge >= 0.3 is 5.97 Å². The monoisotopic (exact) mass is 261 g/mol. The molecule has 16 heavy (non-hydrogen) atoms. The topological polar surface area (TPSA) is 29.5 Å². The Hall–Kier alpha value is -0.580. The van der Waals surface area contributed by atoms with Crippen molar-refractivity contribution in [3.05, 3.63) is 21.3 Å². The number of likely N-dealkylation sites (N-methyl/N-ethyl adjacent to an activating group) is 1. The normalized spacial score (nSPS) is 10.8. The highest BCUT2D eigenvalue weighted by atomic mass is 35.5. The predicted octanol–water partition coefficient (Wildman–Crippen LogP) is 2.79. The third kappa shape index (κ3) is 4.51. The summed E-state index contributed by atoms with van der Waals surface area (Å²) in [6.45, 7) is 6.16. The molecule has 0 spiro atoms. The van der Waals surface area contributed by atoms with E-state index in [0.29, 0.717) is 13.2 Å². The number of carbonyl (C=O) groups excluding carboxylic acids is 1. The summed E-state index contributed by atoms with van der Waals surface area (Å²) in [7, 11) is 0. The van der Waals surface area contributed by atoms with Gasteiger partial charge < -0.3 is 4.74 Å². The maximum absolute atomic E-state index is 11.3. The first-order chi connectivity index (χ1) is 7.65. The summed E-state index contributed by atoms with van der Waals surface area (Å²) in [5.41, 5.74) is 0. The smallest absolute Gasteiger partial charge is 0.320 e. The number of rotatable bonds is 6. The Morgan fingerprint density at radius 3 is 2.75 bits per heavy atom. The van der Waals surface area contributed by atoms with Gasteiger partial charge in [0.05, 0.1) is 17.5 Å². The van der Waals surface area contributed by atoms with E-state index in [1.807, 2.05) is 30.9 Å². The van der Waals surface area contributed by atoms with Crippen molar-refractivity contribution < 1.29 is 9.53 Å². The third-order valence-corrected chi connectivity index (χ3v) is 3.33. The molecule has 0 bridgehead atoms. The molecule has 0 aliphatic carbocycles. The maximum Gasteiger partial charge on any atom is 0.320 e. The van der Waals surface area contributed by atoms with Crippen LogP contribution in [0.2, 0.25) is 4.34 Å². The van der Waals surface area contributed by atoms with Crippen molar-refractivity contribution in [1.29, 1.82) is 0 Å². The highest BCUT2D eigenvalue weighted by Crippen LogP contribution is 2.22. The zero-order valence-corrected chi connectivity index (χ0v) is 11.1. The largest absolute Gasteiger partial charge is 0.465 e. The van der Waals surface area contributed by atoms with Gasteiger partial charge in [0.25, 0.3) is 0 Å². The van der Waals surface area contributed by atoms with Gasteiger partial charge in [0.2, 0.25) is 0 Å². The lowest BCUT2D eigenvalue weighted by Crippen LogP contribution is -2.30. The van der Waals surface area contributed by atoms with Crippen molar-refractivity contribution >= 4 is 28.9 Å². The molecule has 0 aromatic carbocycles. The fourth-order valence-corrected chi connectivity index (χ4v) is 2.46. The summed E-state index contributed by atoms with van der Waals surface area (Å²) in [5, 5.41) is 0. The highest BCUT2D eigenvalue weighted by molar-refractivity contribution is 7.16. The Bertz CT molecular complexity index is 340. The van der Waals surface area contributed by atoms with Gasteiger partial charge in [-0.05, 0) is 25.6 Å². The quantitative estimate of drug-likeness (QED) is 0.738. The van der Waals surface area contributed by atoms with Crippen LogP contribution in [0.4, 0.5) is 0 Å². The van der Waals surface area contributed by atoms with Crippen molar-refractivity contribution in [3.63, 3.8) is 0 Å². The lowest BCUT2D eigenvalue weighted by molar-refractivity contribution is -0.144. The van der Waals surface area contributed by atoms with Crippen LogP contribution in [-0.2, 0) is 16.1 Å². The van der Waals surface area contributed by atoms with Crippen molar-refractivity contribution in [2.24, 2.45) is 0 Å². The molecule has 0 unspecified atom stereocenters. The second-order valence-corrected chi connectivity index (χ2v) is 5.11. The van der Waals surface area contributed by atoms with E-state index < -0.39 is 0 Å². The molecule has 0 aliphatic rings. The van der Waals surface area contributed by atoms with Crippen LogP contribution in [0.25, 0.3) is 0 Å². The van der Waals surface area contributed by atoms with E-state index in [2.05, 4.69) is 0 Å². The van der Waals surface area contributed by atoms with Gasteiger partial charge in [-0.15, -0.1) is 11.3 Å². The molecule has 1 aromatic rings. The molecule has 0 atom stereocenters. The number of nitrogens with zero attached hydrogens (tertiary/aromatic N) is 1. The molecule has 3 nitrogen and oxygen atoms in total. The van der Waals surface area contributed by atoms with Crippen LogP contribution in [-0.4, -0.2) is 30.6 Å². The Kier molecular flexibility index (Phi) is 5.80. The lowest BCUT2D eigenvalue weighted by Gasteiger charge is -2.18. The molecule has 0 N–H and O–H groups in total. The van der Waals surface area contributed by atoms with Crippen molar-refractivity contribution in [3.8, 4) is 0 Å². The first-order valence-electron chi connectivity index (χ1n) is 5.27. The van der Waals surface area contributed by atoms with Crippen LogP contribution < -0.4 is 0 Å². The minimum Gasteiger partial charge on any atom is -0.465 e. The molecule has 0 radical (unpaired) electrons. The van der Waals surface area contributed by atoms with Crippen LogP contribution in [0.3, 0.4) is 0 Å². The summed E-state index contributed by atoms with van der Waals surface area (Å²) in [6.07, 6.45) is 0. The number of esters is 1. The molecule has 0 saturated carbocycles. The average molecular weight is 262 g/mol. The van der Waals surface area contributed by atoms with E-state index in [-0.39, 0.29) is 5.97 Å². The Balaban J connectivity index is 2.45. The molecule has 1 aromatic heterocycles. The van der Waals surface area contributed by atoms with E-state index in [1.165, 1.54) is 0 Å². The molecular formula is C11H16ClNO2S. The fourth-order valence-electron chi connectivity index (χ4n) is 1.33. The van der Waals surface area contributed by atoms with Crippen LogP contribution in [0.1, 0.15) is 18.7 Å². The zero-order valence-electron chi connectivity index (χ0n) is 9.53. The SMILES string of the molecule is CCOC(=O)CN(CC)Cc1ccc(Cl)s1. The Morgan fingerprint density at radius 2 is 2.25 bits per heavy atom. The molecular weight excluding hydrogens is 246 g/mol.